The minimum Gasteiger partial charge on any atom is -0.495 e. The maximum Gasteiger partial charge on any atom is 0.356 e. The fourth-order valence-electron chi connectivity index (χ4n) is 1.66. The molecule has 0 aliphatic carbocycles. The van der Waals surface area contributed by atoms with Gasteiger partial charge in [0.25, 0.3) is 0 Å². The number of rotatable bonds is 4. The lowest BCUT2D eigenvalue weighted by Crippen LogP contribution is -1.99. The number of carboxylic acids is 1. The topological polar surface area (TPSA) is 59.4 Å². The summed E-state index contributed by atoms with van der Waals surface area (Å²) in [4.78, 5) is 16.0. The molecule has 0 saturated heterocycles. The summed E-state index contributed by atoms with van der Waals surface area (Å²) in [6.07, 6.45) is 0.703. The van der Waals surface area contributed by atoms with E-state index in [-0.39, 0.29) is 5.69 Å². The van der Waals surface area contributed by atoms with Gasteiger partial charge in [-0.05, 0) is 30.2 Å². The molecule has 1 aromatic heterocycles. The lowest BCUT2D eigenvalue weighted by Gasteiger charge is -2.05. The Kier molecular flexibility index (Phi) is 4.07. The molecule has 0 fully saturated rings. The first-order valence-electron chi connectivity index (χ1n) is 5.63. The van der Waals surface area contributed by atoms with Crippen LogP contribution in [0, 0.1) is 0 Å². The predicted molar refractivity (Wildman–Crippen MR) is 75.4 cm³/mol. The van der Waals surface area contributed by atoms with Crippen molar-refractivity contribution in [2.45, 2.75) is 13.3 Å². The second-order valence-corrected chi connectivity index (χ2v) is 5.28. The largest absolute Gasteiger partial charge is 0.495 e. The molecule has 2 rings (SSSR count). The lowest BCUT2D eigenvalue weighted by molar-refractivity contribution is 0.0692. The van der Waals surface area contributed by atoms with Gasteiger partial charge in [-0.15, -0.1) is 11.3 Å². The minimum atomic E-state index is -1.03. The van der Waals surface area contributed by atoms with E-state index >= 15 is 0 Å². The average molecular weight is 298 g/mol. The van der Waals surface area contributed by atoms with Gasteiger partial charge in [-0.1, -0.05) is 18.5 Å². The van der Waals surface area contributed by atoms with E-state index in [1.54, 1.807) is 18.2 Å². The zero-order valence-corrected chi connectivity index (χ0v) is 12.0. The highest BCUT2D eigenvalue weighted by molar-refractivity contribution is 7.15. The molecule has 100 valence electrons. The third-order valence-corrected chi connectivity index (χ3v) is 4.13. The van der Waals surface area contributed by atoms with E-state index in [9.17, 15) is 9.90 Å². The zero-order chi connectivity index (χ0) is 14.0. The Morgan fingerprint density at radius 1 is 1.53 bits per heavy atom. The van der Waals surface area contributed by atoms with Gasteiger partial charge < -0.3 is 9.84 Å². The number of hydrogen-bond donors (Lipinski definition) is 1. The number of ether oxygens (including phenoxy) is 1. The molecule has 0 atom stereocenters. The van der Waals surface area contributed by atoms with Crippen molar-refractivity contribution in [2.75, 3.05) is 7.11 Å². The molecule has 0 aliphatic rings. The maximum atomic E-state index is 11.2. The highest BCUT2D eigenvalue weighted by atomic mass is 35.5. The molecule has 0 bridgehead atoms. The van der Waals surface area contributed by atoms with Crippen molar-refractivity contribution < 1.29 is 14.6 Å². The van der Waals surface area contributed by atoms with E-state index in [2.05, 4.69) is 4.98 Å². The lowest BCUT2D eigenvalue weighted by atomic mass is 10.1. The number of aromatic nitrogens is 1. The quantitative estimate of drug-likeness (QED) is 0.934. The van der Waals surface area contributed by atoms with Gasteiger partial charge in [0.05, 0.1) is 22.0 Å². The number of aryl methyl sites for hydroxylation is 1. The van der Waals surface area contributed by atoms with Crippen LogP contribution in [0.2, 0.25) is 5.02 Å². The number of nitrogens with zero attached hydrogens (tertiary/aromatic N) is 1. The van der Waals surface area contributed by atoms with Crippen LogP contribution in [0.5, 0.6) is 5.75 Å². The molecule has 0 spiro atoms. The minimum absolute atomic E-state index is 0.0723. The molecule has 0 amide bonds. The highest BCUT2D eigenvalue weighted by Gasteiger charge is 2.18. The molecule has 6 heteroatoms. The van der Waals surface area contributed by atoms with Gasteiger partial charge in [0.1, 0.15) is 5.75 Å². The van der Waals surface area contributed by atoms with Crippen LogP contribution < -0.4 is 4.74 Å². The summed E-state index contributed by atoms with van der Waals surface area (Å²) < 4.78 is 5.08. The van der Waals surface area contributed by atoms with Crippen LogP contribution in [0.4, 0.5) is 0 Å². The van der Waals surface area contributed by atoms with Crippen LogP contribution in [0.1, 0.15) is 22.4 Å². The second kappa shape index (κ2) is 5.59. The van der Waals surface area contributed by atoms with E-state index in [0.717, 1.165) is 10.6 Å². The molecule has 1 aromatic carbocycles. The standard InChI is InChI=1S/C13H12ClNO3S/c1-3-10-15-11(13(16)17)12(19-10)7-4-5-9(18-2)8(14)6-7/h4-6H,3H2,1-2H3,(H,16,17). The Morgan fingerprint density at radius 3 is 2.79 bits per heavy atom. The molecule has 0 unspecified atom stereocenters. The first kappa shape index (κ1) is 13.8. The number of methoxy groups -OCH3 is 1. The summed E-state index contributed by atoms with van der Waals surface area (Å²) >= 11 is 7.44. The van der Waals surface area contributed by atoms with Crippen LogP contribution in [-0.4, -0.2) is 23.2 Å². The van der Waals surface area contributed by atoms with Gasteiger partial charge in [-0.2, -0.15) is 0 Å². The van der Waals surface area contributed by atoms with Gasteiger partial charge in [0.15, 0.2) is 5.69 Å². The van der Waals surface area contributed by atoms with Crippen LogP contribution in [-0.2, 0) is 6.42 Å². The molecule has 4 nitrogen and oxygen atoms in total. The smallest absolute Gasteiger partial charge is 0.356 e. The van der Waals surface area contributed by atoms with Crippen molar-refractivity contribution in [3.8, 4) is 16.2 Å². The fraction of sp³-hybridized carbons (Fsp3) is 0.231. The molecule has 19 heavy (non-hydrogen) atoms. The number of carboxylic acid groups (broad SMARTS) is 1. The zero-order valence-electron chi connectivity index (χ0n) is 10.4. The van der Waals surface area contributed by atoms with Gasteiger partial charge >= 0.3 is 5.97 Å². The van der Waals surface area contributed by atoms with Gasteiger partial charge in [0.2, 0.25) is 0 Å². The predicted octanol–water partition coefficient (Wildman–Crippen LogP) is 3.73. The first-order chi connectivity index (χ1) is 9.06. The summed E-state index contributed by atoms with van der Waals surface area (Å²) in [7, 11) is 1.53. The van der Waals surface area contributed by atoms with Crippen molar-refractivity contribution in [2.24, 2.45) is 0 Å². The summed E-state index contributed by atoms with van der Waals surface area (Å²) in [5.41, 5.74) is 0.809. The van der Waals surface area contributed by atoms with Crippen LogP contribution in [0.3, 0.4) is 0 Å². The second-order valence-electron chi connectivity index (χ2n) is 3.79. The molecule has 2 aromatic rings. The molecular formula is C13H12ClNO3S. The van der Waals surface area contributed by atoms with Crippen molar-refractivity contribution in [1.29, 1.82) is 0 Å². The molecule has 0 saturated carbocycles. The Balaban J connectivity index is 2.54. The number of hydrogen-bond acceptors (Lipinski definition) is 4. The normalized spacial score (nSPS) is 10.5. The number of halogens is 1. The number of benzene rings is 1. The fourth-order valence-corrected chi connectivity index (χ4v) is 2.91. The van der Waals surface area contributed by atoms with E-state index in [1.807, 2.05) is 6.92 Å². The first-order valence-corrected chi connectivity index (χ1v) is 6.83. The molecular weight excluding hydrogens is 286 g/mol. The van der Waals surface area contributed by atoms with Crippen LogP contribution >= 0.6 is 22.9 Å². The molecule has 1 heterocycles. The summed E-state index contributed by atoms with van der Waals surface area (Å²) in [5, 5.41) is 10.4. The Morgan fingerprint density at radius 2 is 2.26 bits per heavy atom. The highest BCUT2D eigenvalue weighted by Crippen LogP contribution is 2.35. The average Bonchev–Trinajstić information content (AvgIpc) is 2.83. The van der Waals surface area contributed by atoms with Gasteiger partial charge in [0, 0.05) is 0 Å². The molecule has 0 aliphatic heterocycles. The molecule has 0 radical (unpaired) electrons. The van der Waals surface area contributed by atoms with E-state index < -0.39 is 5.97 Å². The van der Waals surface area contributed by atoms with E-state index in [0.29, 0.717) is 22.1 Å². The van der Waals surface area contributed by atoms with Crippen LogP contribution in [0.15, 0.2) is 18.2 Å². The number of aromatic carboxylic acids is 1. The van der Waals surface area contributed by atoms with Crippen molar-refractivity contribution in [3.05, 3.63) is 33.9 Å². The summed E-state index contributed by atoms with van der Waals surface area (Å²) in [5.74, 6) is -0.472. The number of carbonyl (C=O) groups is 1. The third-order valence-electron chi connectivity index (χ3n) is 2.59. The van der Waals surface area contributed by atoms with Gasteiger partial charge in [-0.25, -0.2) is 9.78 Å². The third kappa shape index (κ3) is 2.72. The van der Waals surface area contributed by atoms with Crippen LogP contribution in [0.25, 0.3) is 10.4 Å². The SMILES string of the molecule is CCc1nc(C(=O)O)c(-c2ccc(OC)c(Cl)c2)s1. The number of thiazole rings is 1. The van der Waals surface area contributed by atoms with Crippen molar-refractivity contribution in [1.82, 2.24) is 4.98 Å². The Labute approximate surface area is 119 Å². The summed E-state index contributed by atoms with van der Waals surface area (Å²) in [6, 6.07) is 5.19. The van der Waals surface area contributed by atoms with Crippen molar-refractivity contribution >= 4 is 28.9 Å². The summed E-state index contributed by atoms with van der Waals surface area (Å²) in [6.45, 7) is 1.94. The monoisotopic (exact) mass is 297 g/mol. The maximum absolute atomic E-state index is 11.2. The van der Waals surface area contributed by atoms with Gasteiger partial charge in [-0.3, -0.25) is 0 Å². The van der Waals surface area contributed by atoms with Crippen molar-refractivity contribution in [3.63, 3.8) is 0 Å². The Hall–Kier alpha value is -1.59. The van der Waals surface area contributed by atoms with E-state index in [1.165, 1.54) is 18.4 Å². The van der Waals surface area contributed by atoms with E-state index in [4.69, 9.17) is 16.3 Å². The molecule has 1 N–H and O–H groups in total. The Bertz CT molecular complexity index is 624.